The summed E-state index contributed by atoms with van der Waals surface area (Å²) >= 11 is 0. The van der Waals surface area contributed by atoms with Crippen molar-refractivity contribution in [1.82, 2.24) is 9.47 Å². The molecule has 5 heteroatoms. The zero-order chi connectivity index (χ0) is 26.1. The van der Waals surface area contributed by atoms with Crippen LogP contribution in [0.4, 0.5) is 5.69 Å². The maximum absolute atomic E-state index is 13.0. The Balaban J connectivity index is 1.42. The standard InChI is InChI=1S/C31H39N3O2/c1-30(2,3)26-21-23(22-27(29(26)36)31(4,5)6)9-14-28(35)34-19-17-33(18-20-34)25-12-10-24(11-13-25)32-15-7-8-16-32/h7-16,21-22,36H,17-20H2,1-6H3. The number of rotatable bonds is 4. The topological polar surface area (TPSA) is 48.7 Å². The second-order valence-electron chi connectivity index (χ2n) is 11.7. The quantitative estimate of drug-likeness (QED) is 0.452. The lowest BCUT2D eigenvalue weighted by molar-refractivity contribution is -0.126. The van der Waals surface area contributed by atoms with Crippen LogP contribution < -0.4 is 4.90 Å². The fraction of sp³-hybridized carbons (Fsp3) is 0.387. The summed E-state index contributed by atoms with van der Waals surface area (Å²) in [5.41, 5.74) is 4.67. The van der Waals surface area contributed by atoms with E-state index in [0.29, 0.717) is 18.8 Å². The van der Waals surface area contributed by atoms with Gasteiger partial charge in [0.2, 0.25) is 5.91 Å². The predicted octanol–water partition coefficient (Wildman–Crippen LogP) is 6.14. The number of carbonyl (C=O) groups is 1. The molecule has 1 N–H and O–H groups in total. The highest BCUT2D eigenvalue weighted by Gasteiger charge is 2.26. The maximum Gasteiger partial charge on any atom is 0.246 e. The average molecular weight is 486 g/mol. The number of benzene rings is 2. The van der Waals surface area contributed by atoms with E-state index in [9.17, 15) is 9.90 Å². The number of nitrogens with zero attached hydrogens (tertiary/aromatic N) is 3. The molecule has 5 nitrogen and oxygen atoms in total. The van der Waals surface area contributed by atoms with Gasteiger partial charge in [-0.2, -0.15) is 0 Å². The second-order valence-corrected chi connectivity index (χ2v) is 11.7. The van der Waals surface area contributed by atoms with Crippen LogP contribution in [0, 0.1) is 0 Å². The molecule has 1 aromatic heterocycles. The van der Waals surface area contributed by atoms with E-state index in [2.05, 4.69) is 75.3 Å². The minimum Gasteiger partial charge on any atom is -0.507 e. The molecule has 3 aromatic rings. The number of hydrogen-bond acceptors (Lipinski definition) is 3. The Morgan fingerprint density at radius 2 is 1.31 bits per heavy atom. The molecule has 0 atom stereocenters. The molecule has 0 saturated carbocycles. The number of piperazine rings is 1. The van der Waals surface area contributed by atoms with Crippen molar-refractivity contribution in [3.8, 4) is 11.4 Å². The summed E-state index contributed by atoms with van der Waals surface area (Å²) in [5.74, 6) is 0.385. The van der Waals surface area contributed by atoms with E-state index in [0.717, 1.165) is 35.5 Å². The molecule has 1 aliphatic heterocycles. The molecule has 2 aromatic carbocycles. The number of carbonyl (C=O) groups excluding carboxylic acids is 1. The van der Waals surface area contributed by atoms with Crippen LogP contribution in [0.2, 0.25) is 0 Å². The number of aromatic nitrogens is 1. The van der Waals surface area contributed by atoms with Gasteiger partial charge in [0.05, 0.1) is 0 Å². The Hall–Kier alpha value is -3.47. The molecule has 1 aliphatic rings. The number of amides is 1. The van der Waals surface area contributed by atoms with Crippen molar-refractivity contribution in [2.45, 2.75) is 52.4 Å². The van der Waals surface area contributed by atoms with E-state index in [4.69, 9.17) is 0 Å². The smallest absolute Gasteiger partial charge is 0.246 e. The molecule has 0 bridgehead atoms. The lowest BCUT2D eigenvalue weighted by atomic mass is 9.78. The molecule has 190 valence electrons. The van der Waals surface area contributed by atoms with Gasteiger partial charge in [0, 0.05) is 67.2 Å². The Kier molecular flexibility index (Phi) is 7.03. The van der Waals surface area contributed by atoms with Crippen molar-refractivity contribution in [3.63, 3.8) is 0 Å². The summed E-state index contributed by atoms with van der Waals surface area (Å²) in [6.07, 6.45) is 7.64. The Bertz CT molecular complexity index is 1180. The van der Waals surface area contributed by atoms with Crippen LogP contribution in [0.5, 0.6) is 5.75 Å². The van der Waals surface area contributed by atoms with Crippen molar-refractivity contribution < 1.29 is 9.90 Å². The van der Waals surface area contributed by atoms with Gasteiger partial charge in [-0.3, -0.25) is 4.79 Å². The minimum atomic E-state index is -0.200. The summed E-state index contributed by atoms with van der Waals surface area (Å²) < 4.78 is 2.09. The van der Waals surface area contributed by atoms with Crippen LogP contribution in [0.3, 0.4) is 0 Å². The lowest BCUT2D eigenvalue weighted by Gasteiger charge is -2.35. The number of aromatic hydroxyl groups is 1. The first kappa shape index (κ1) is 25.6. The third kappa shape index (κ3) is 5.67. The van der Waals surface area contributed by atoms with Crippen molar-refractivity contribution in [3.05, 3.63) is 83.7 Å². The molecule has 0 unspecified atom stereocenters. The molecular weight excluding hydrogens is 446 g/mol. The third-order valence-electron chi connectivity index (χ3n) is 6.88. The van der Waals surface area contributed by atoms with Gasteiger partial charge in [-0.1, -0.05) is 41.5 Å². The molecular formula is C31H39N3O2. The highest BCUT2D eigenvalue weighted by molar-refractivity contribution is 5.92. The summed E-state index contributed by atoms with van der Waals surface area (Å²) in [5, 5.41) is 10.9. The van der Waals surface area contributed by atoms with Crippen LogP contribution in [0.15, 0.2) is 67.0 Å². The van der Waals surface area contributed by atoms with Gasteiger partial charge in [-0.15, -0.1) is 0 Å². The van der Waals surface area contributed by atoms with Crippen molar-refractivity contribution in [2.75, 3.05) is 31.1 Å². The van der Waals surface area contributed by atoms with Crippen molar-refractivity contribution in [2.24, 2.45) is 0 Å². The average Bonchev–Trinajstić information content (AvgIpc) is 3.37. The summed E-state index contributed by atoms with van der Waals surface area (Å²) in [7, 11) is 0. The van der Waals surface area contributed by atoms with Crippen LogP contribution in [-0.2, 0) is 15.6 Å². The highest BCUT2D eigenvalue weighted by Crippen LogP contribution is 2.40. The van der Waals surface area contributed by atoms with Gasteiger partial charge >= 0.3 is 0 Å². The molecule has 1 amide bonds. The Morgan fingerprint density at radius 3 is 1.81 bits per heavy atom. The van der Waals surface area contributed by atoms with Gasteiger partial charge in [0.1, 0.15) is 5.75 Å². The molecule has 4 rings (SSSR count). The van der Waals surface area contributed by atoms with Crippen LogP contribution >= 0.6 is 0 Å². The normalized spacial score (nSPS) is 15.1. The minimum absolute atomic E-state index is 0.0281. The molecule has 0 radical (unpaired) electrons. The van der Waals surface area contributed by atoms with Gasteiger partial charge in [-0.25, -0.2) is 0 Å². The monoisotopic (exact) mass is 485 g/mol. The van der Waals surface area contributed by atoms with E-state index in [1.54, 1.807) is 6.08 Å². The summed E-state index contributed by atoms with van der Waals surface area (Å²) in [4.78, 5) is 17.2. The van der Waals surface area contributed by atoms with E-state index < -0.39 is 0 Å². The van der Waals surface area contributed by atoms with E-state index in [1.807, 2.05) is 47.6 Å². The van der Waals surface area contributed by atoms with Gasteiger partial charge < -0.3 is 19.5 Å². The zero-order valence-corrected chi connectivity index (χ0v) is 22.5. The van der Waals surface area contributed by atoms with Crippen LogP contribution in [0.25, 0.3) is 11.8 Å². The van der Waals surface area contributed by atoms with Gasteiger partial charge in [0.15, 0.2) is 0 Å². The summed E-state index contributed by atoms with van der Waals surface area (Å²) in [6.45, 7) is 15.6. The number of anilines is 1. The fourth-order valence-corrected chi connectivity index (χ4v) is 4.70. The largest absolute Gasteiger partial charge is 0.507 e. The Morgan fingerprint density at radius 1 is 0.806 bits per heavy atom. The Labute approximate surface area is 215 Å². The van der Waals surface area contributed by atoms with Crippen molar-refractivity contribution in [1.29, 1.82) is 0 Å². The highest BCUT2D eigenvalue weighted by atomic mass is 16.3. The number of phenols is 1. The molecule has 1 saturated heterocycles. The second kappa shape index (κ2) is 9.88. The zero-order valence-electron chi connectivity index (χ0n) is 22.5. The molecule has 0 spiro atoms. The number of phenolic OH excluding ortho intramolecular Hbond substituents is 1. The van der Waals surface area contributed by atoms with Crippen LogP contribution in [-0.4, -0.2) is 46.7 Å². The maximum atomic E-state index is 13.0. The van der Waals surface area contributed by atoms with Crippen molar-refractivity contribution >= 4 is 17.7 Å². The fourth-order valence-electron chi connectivity index (χ4n) is 4.70. The first-order valence-electron chi connectivity index (χ1n) is 12.8. The van der Waals surface area contributed by atoms with E-state index >= 15 is 0 Å². The van der Waals surface area contributed by atoms with Gasteiger partial charge in [0.25, 0.3) is 0 Å². The SMILES string of the molecule is CC(C)(C)c1cc(C=CC(=O)N2CCN(c3ccc(-n4cccc4)cc3)CC2)cc(C(C)(C)C)c1O. The molecule has 0 aliphatic carbocycles. The van der Waals surface area contributed by atoms with E-state index in [1.165, 1.54) is 5.69 Å². The molecule has 2 heterocycles. The predicted molar refractivity (Wildman–Crippen MR) is 149 cm³/mol. The van der Waals surface area contributed by atoms with Crippen LogP contribution in [0.1, 0.15) is 58.2 Å². The summed E-state index contributed by atoms with van der Waals surface area (Å²) in [6, 6.07) is 16.6. The lowest BCUT2D eigenvalue weighted by Crippen LogP contribution is -2.48. The first-order chi connectivity index (χ1) is 16.9. The molecule has 1 fully saturated rings. The van der Waals surface area contributed by atoms with E-state index in [-0.39, 0.29) is 16.7 Å². The first-order valence-corrected chi connectivity index (χ1v) is 12.8. The third-order valence-corrected chi connectivity index (χ3v) is 6.88. The van der Waals surface area contributed by atoms with Gasteiger partial charge in [-0.05, 0) is 71.0 Å². The number of hydrogen-bond donors (Lipinski definition) is 1. The molecule has 36 heavy (non-hydrogen) atoms.